The normalized spacial score (nSPS) is 21.6. The third-order valence-electron chi connectivity index (χ3n) is 5.68. The van der Waals surface area contributed by atoms with E-state index in [0.29, 0.717) is 42.1 Å². The molecule has 3 heterocycles. The highest BCUT2D eigenvalue weighted by Gasteiger charge is 2.31. The molecule has 4 rings (SSSR count). The van der Waals surface area contributed by atoms with Crippen LogP contribution in [0, 0.1) is 0 Å². The lowest BCUT2D eigenvalue weighted by molar-refractivity contribution is -0.117. The van der Waals surface area contributed by atoms with Crippen LogP contribution in [0.25, 0.3) is 11.6 Å². The molecule has 174 valence electrons. The number of carbonyl (C=O) groups excluding carboxylic acids is 1. The van der Waals surface area contributed by atoms with Crippen LogP contribution in [-0.4, -0.2) is 73.8 Å². The number of aromatic nitrogens is 2. The Morgan fingerprint density at radius 1 is 1.24 bits per heavy atom. The molecule has 0 spiro atoms. The number of aliphatic hydroxyl groups excluding tert-OH is 1. The molecule has 0 bridgehead atoms. The maximum absolute atomic E-state index is 11.7. The van der Waals surface area contributed by atoms with Gasteiger partial charge in [-0.05, 0) is 29.8 Å². The van der Waals surface area contributed by atoms with E-state index in [2.05, 4.69) is 27.2 Å². The highest BCUT2D eigenvalue weighted by atomic mass is 16.5. The van der Waals surface area contributed by atoms with Crippen LogP contribution in [-0.2, 0) is 9.53 Å². The van der Waals surface area contributed by atoms with Crippen molar-refractivity contribution in [3.63, 3.8) is 0 Å². The number of ether oxygens (including phenoxy) is 3. The second-order valence-electron chi connectivity index (χ2n) is 7.77. The number of nitrogens with zero attached hydrogens (tertiary/aromatic N) is 3. The highest BCUT2D eigenvalue weighted by molar-refractivity contribution is 5.91. The van der Waals surface area contributed by atoms with Gasteiger partial charge in [0.15, 0.2) is 6.23 Å². The zero-order chi connectivity index (χ0) is 23.5. The molecular formula is C23H27N5O5. The summed E-state index contributed by atoms with van der Waals surface area (Å²) in [6.45, 7) is 4.27. The van der Waals surface area contributed by atoms with Crippen LogP contribution in [0.1, 0.15) is 11.1 Å². The van der Waals surface area contributed by atoms with Crippen LogP contribution >= 0.6 is 0 Å². The van der Waals surface area contributed by atoms with E-state index in [0.717, 1.165) is 11.1 Å². The molecule has 1 saturated heterocycles. The van der Waals surface area contributed by atoms with E-state index >= 15 is 0 Å². The summed E-state index contributed by atoms with van der Waals surface area (Å²) in [6.07, 6.45) is 3.83. The smallest absolute Gasteiger partial charge is 0.243 e. The maximum Gasteiger partial charge on any atom is 0.243 e. The summed E-state index contributed by atoms with van der Waals surface area (Å²) >= 11 is 0. The van der Waals surface area contributed by atoms with Crippen molar-refractivity contribution in [1.82, 2.24) is 15.3 Å². The molecule has 0 aliphatic carbocycles. The molecule has 1 unspecified atom stereocenters. The van der Waals surface area contributed by atoms with Crippen molar-refractivity contribution in [2.45, 2.75) is 18.3 Å². The number of aliphatic hydroxyl groups is 1. The average molecular weight is 453 g/mol. The van der Waals surface area contributed by atoms with Gasteiger partial charge >= 0.3 is 0 Å². The number of hydrogen-bond acceptors (Lipinski definition) is 9. The molecule has 3 atom stereocenters. The van der Waals surface area contributed by atoms with Gasteiger partial charge in [-0.15, -0.1) is 0 Å². The summed E-state index contributed by atoms with van der Waals surface area (Å²) in [5, 5.41) is 17.1. The van der Waals surface area contributed by atoms with Crippen molar-refractivity contribution in [1.29, 1.82) is 0 Å². The monoisotopic (exact) mass is 453 g/mol. The lowest BCUT2D eigenvalue weighted by Crippen LogP contribution is -2.45. The van der Waals surface area contributed by atoms with Crippen LogP contribution in [0.3, 0.4) is 0 Å². The molecule has 1 aromatic heterocycles. The van der Waals surface area contributed by atoms with Crippen LogP contribution in [0.5, 0.6) is 11.5 Å². The van der Waals surface area contributed by atoms with Crippen LogP contribution in [0.2, 0.25) is 0 Å². The zero-order valence-electron chi connectivity index (χ0n) is 18.7. The zero-order valence-corrected chi connectivity index (χ0v) is 18.7. The van der Waals surface area contributed by atoms with E-state index in [9.17, 15) is 9.90 Å². The summed E-state index contributed by atoms with van der Waals surface area (Å²) in [4.78, 5) is 22.4. The lowest BCUT2D eigenvalue weighted by atomic mass is 9.97. The predicted octanol–water partition coefficient (Wildman–Crippen LogP) is 1.28. The third-order valence-corrected chi connectivity index (χ3v) is 5.68. The Balaban J connectivity index is 1.61. The average Bonchev–Trinajstić information content (AvgIpc) is 3.27. The highest BCUT2D eigenvalue weighted by Crippen LogP contribution is 2.37. The van der Waals surface area contributed by atoms with Crippen molar-refractivity contribution in [2.24, 2.45) is 0 Å². The number of fused-ring (bicyclic) bond motifs is 1. The van der Waals surface area contributed by atoms with Gasteiger partial charge in [-0.3, -0.25) is 4.79 Å². The molecule has 10 nitrogen and oxygen atoms in total. The topological polar surface area (TPSA) is 118 Å². The molecule has 1 amide bonds. The fraction of sp³-hybridized carbons (Fsp3) is 0.348. The van der Waals surface area contributed by atoms with E-state index in [4.69, 9.17) is 14.2 Å². The van der Waals surface area contributed by atoms with Crippen LogP contribution < -0.4 is 25.0 Å². The van der Waals surface area contributed by atoms with Crippen molar-refractivity contribution in [3.8, 4) is 11.5 Å². The molecule has 10 heteroatoms. The Labute approximate surface area is 191 Å². The first kappa shape index (κ1) is 22.6. The summed E-state index contributed by atoms with van der Waals surface area (Å²) in [6, 6.07) is 5.03. The fourth-order valence-electron chi connectivity index (χ4n) is 3.86. The van der Waals surface area contributed by atoms with E-state index in [1.54, 1.807) is 38.4 Å². The van der Waals surface area contributed by atoms with Gasteiger partial charge in [-0.1, -0.05) is 6.58 Å². The van der Waals surface area contributed by atoms with Gasteiger partial charge in [0.25, 0.3) is 0 Å². The number of amides is 1. The van der Waals surface area contributed by atoms with Crippen LogP contribution in [0.15, 0.2) is 37.1 Å². The fourth-order valence-corrected chi connectivity index (χ4v) is 3.86. The molecule has 2 aliphatic heterocycles. The third kappa shape index (κ3) is 4.62. The van der Waals surface area contributed by atoms with Crippen molar-refractivity contribution >= 4 is 29.3 Å². The second kappa shape index (κ2) is 9.47. The number of likely N-dealkylation sites (N-methyl/N-ethyl adjacent to an activating group) is 1. The van der Waals surface area contributed by atoms with E-state index in [1.807, 2.05) is 18.2 Å². The summed E-state index contributed by atoms with van der Waals surface area (Å²) in [7, 11) is 4.92. The Morgan fingerprint density at radius 2 is 1.94 bits per heavy atom. The van der Waals surface area contributed by atoms with Gasteiger partial charge in [0, 0.05) is 30.4 Å². The number of benzene rings is 1. The minimum Gasteiger partial charge on any atom is -0.497 e. The minimum absolute atomic E-state index is 0.193. The van der Waals surface area contributed by atoms with E-state index in [1.165, 1.54) is 6.08 Å². The van der Waals surface area contributed by atoms with E-state index in [-0.39, 0.29) is 18.0 Å². The standard InChI is InChI=1S/C23H27N5O5/c1-5-20(29)25-18-11-33-12-19(18)26-23-24-10-14-8-17(22(30)28(2)21(14)27-23)13-6-15(31-3)9-16(7-13)32-4/h5-10,18-19,22,30H,1,11-12H2,2-4H3,(H,25,29)(H,24,26,27)/t18-,19+,22?/m0/s1. The van der Waals surface area contributed by atoms with Crippen molar-refractivity contribution in [3.05, 3.63) is 48.2 Å². The lowest BCUT2D eigenvalue weighted by Gasteiger charge is -2.32. The number of carbonyl (C=O) groups is 1. The largest absolute Gasteiger partial charge is 0.497 e. The first-order chi connectivity index (χ1) is 15.9. The summed E-state index contributed by atoms with van der Waals surface area (Å²) < 4.78 is 16.2. The number of nitrogens with one attached hydrogen (secondary N) is 2. The quantitative estimate of drug-likeness (QED) is 0.533. The van der Waals surface area contributed by atoms with Gasteiger partial charge in [-0.25, -0.2) is 4.98 Å². The number of rotatable bonds is 7. The summed E-state index contributed by atoms with van der Waals surface area (Å²) in [5.41, 5.74) is 2.19. The maximum atomic E-state index is 11.7. The molecular weight excluding hydrogens is 426 g/mol. The molecule has 33 heavy (non-hydrogen) atoms. The minimum atomic E-state index is -0.938. The molecule has 1 fully saturated rings. The SMILES string of the molecule is C=CC(=O)N[C@H]1COC[C@H]1Nc1ncc2c(n1)N(C)C(O)C(c1cc(OC)cc(OC)c1)=C2. The number of methoxy groups -OCH3 is 2. The molecule has 0 saturated carbocycles. The van der Waals surface area contributed by atoms with Crippen molar-refractivity contribution in [2.75, 3.05) is 44.7 Å². The van der Waals surface area contributed by atoms with E-state index < -0.39 is 6.23 Å². The molecule has 2 aromatic rings. The van der Waals surface area contributed by atoms with Gasteiger partial charge < -0.3 is 34.9 Å². The van der Waals surface area contributed by atoms with Gasteiger partial charge in [0.1, 0.15) is 17.3 Å². The number of anilines is 2. The Bertz CT molecular complexity index is 1070. The van der Waals surface area contributed by atoms with Crippen molar-refractivity contribution < 1.29 is 24.1 Å². The van der Waals surface area contributed by atoms with Crippen LogP contribution in [0.4, 0.5) is 11.8 Å². The first-order valence-electron chi connectivity index (χ1n) is 10.4. The molecule has 2 aliphatic rings. The Hall–Kier alpha value is -3.63. The van der Waals surface area contributed by atoms with Gasteiger partial charge in [-0.2, -0.15) is 4.98 Å². The summed E-state index contributed by atoms with van der Waals surface area (Å²) in [5.74, 6) is 1.93. The number of hydrogen-bond donors (Lipinski definition) is 3. The predicted molar refractivity (Wildman–Crippen MR) is 124 cm³/mol. The first-order valence-corrected chi connectivity index (χ1v) is 10.4. The Morgan fingerprint density at radius 3 is 2.61 bits per heavy atom. The Kier molecular flexibility index (Phi) is 6.47. The molecule has 3 N–H and O–H groups in total. The van der Waals surface area contributed by atoms with Gasteiger partial charge in [0.2, 0.25) is 11.9 Å². The molecule has 1 aromatic carbocycles. The molecule has 0 radical (unpaired) electrons. The van der Waals surface area contributed by atoms with Gasteiger partial charge in [0.05, 0.1) is 39.5 Å². The second-order valence-corrected chi connectivity index (χ2v) is 7.77.